The second kappa shape index (κ2) is 8.18. The monoisotopic (exact) mass is 431 g/mol. The van der Waals surface area contributed by atoms with Gasteiger partial charge in [-0.3, -0.25) is 4.79 Å². The van der Waals surface area contributed by atoms with Crippen LogP contribution >= 0.6 is 0 Å². The summed E-state index contributed by atoms with van der Waals surface area (Å²) in [6.07, 6.45) is 0.659. The quantitative estimate of drug-likeness (QED) is 0.786. The molecular weight excluding hydrogens is 405 g/mol. The van der Waals surface area contributed by atoms with Crippen molar-refractivity contribution in [1.29, 1.82) is 0 Å². The van der Waals surface area contributed by atoms with Gasteiger partial charge >= 0.3 is 0 Å². The molecule has 2 aromatic rings. The Morgan fingerprint density at radius 2 is 1.77 bits per heavy atom. The standard InChI is InChI=1S/C22H26FN3O3S/c1-22(2,3)13-18(15-9-11-16(23)12-10-15)24-20(27)14-26(4)21-17-7-5-6-8-19(17)30(28,29)25-21/h5-12,18H,13-14H2,1-4H3,(H,24,27)/t18-/m0/s1. The van der Waals surface area contributed by atoms with E-state index in [1.165, 1.54) is 23.1 Å². The normalized spacial score (nSPS) is 15.8. The fourth-order valence-electron chi connectivity index (χ4n) is 3.45. The van der Waals surface area contributed by atoms with Crippen LogP contribution in [-0.2, 0) is 14.8 Å². The summed E-state index contributed by atoms with van der Waals surface area (Å²) in [6.45, 7) is 6.13. The minimum atomic E-state index is -3.75. The molecule has 0 aliphatic carbocycles. The Hall–Kier alpha value is -2.74. The van der Waals surface area contributed by atoms with Gasteiger partial charge in [0, 0.05) is 12.6 Å². The highest BCUT2D eigenvalue weighted by molar-refractivity contribution is 7.90. The van der Waals surface area contributed by atoms with Crippen molar-refractivity contribution < 1.29 is 17.6 Å². The van der Waals surface area contributed by atoms with Crippen LogP contribution in [0.5, 0.6) is 0 Å². The number of hydrogen-bond acceptors (Lipinski definition) is 4. The molecule has 0 saturated heterocycles. The number of carbonyl (C=O) groups excluding carboxylic acids is 1. The SMILES string of the molecule is CN(CC(=O)N[C@@H](CC(C)(C)C)c1ccc(F)cc1)C1=NS(=O)(=O)c2ccccc21. The fourth-order valence-corrected chi connectivity index (χ4v) is 4.71. The number of fused-ring (bicyclic) bond motifs is 1. The van der Waals surface area contributed by atoms with E-state index >= 15 is 0 Å². The van der Waals surface area contributed by atoms with Crippen molar-refractivity contribution in [3.05, 3.63) is 65.5 Å². The van der Waals surface area contributed by atoms with E-state index < -0.39 is 10.0 Å². The van der Waals surface area contributed by atoms with Gasteiger partial charge in [0.2, 0.25) is 5.91 Å². The Morgan fingerprint density at radius 3 is 2.40 bits per heavy atom. The maximum atomic E-state index is 13.3. The average molecular weight is 432 g/mol. The first-order chi connectivity index (χ1) is 14.0. The Kier molecular flexibility index (Phi) is 5.99. The van der Waals surface area contributed by atoms with Gasteiger partial charge in [0.15, 0.2) is 5.84 Å². The second-order valence-electron chi connectivity index (χ2n) is 8.68. The molecule has 0 saturated carbocycles. The van der Waals surface area contributed by atoms with Crippen LogP contribution in [-0.4, -0.2) is 38.7 Å². The third-order valence-corrected chi connectivity index (χ3v) is 6.10. The van der Waals surface area contributed by atoms with Crippen molar-refractivity contribution in [2.24, 2.45) is 9.81 Å². The molecule has 1 amide bonds. The van der Waals surface area contributed by atoms with E-state index in [0.29, 0.717) is 12.0 Å². The Balaban J connectivity index is 1.76. The highest BCUT2D eigenvalue weighted by Crippen LogP contribution is 2.30. The third-order valence-electron chi connectivity index (χ3n) is 4.78. The van der Waals surface area contributed by atoms with Gasteiger partial charge in [0.25, 0.3) is 10.0 Å². The van der Waals surface area contributed by atoms with Crippen LogP contribution in [0.25, 0.3) is 0 Å². The molecule has 0 fully saturated rings. The number of hydrogen-bond donors (Lipinski definition) is 1. The molecule has 8 heteroatoms. The number of amides is 1. The van der Waals surface area contributed by atoms with Crippen LogP contribution in [0.2, 0.25) is 0 Å². The van der Waals surface area contributed by atoms with Crippen molar-refractivity contribution >= 4 is 21.8 Å². The van der Waals surface area contributed by atoms with Crippen LogP contribution in [0.1, 0.15) is 44.4 Å². The third kappa shape index (κ3) is 5.05. The molecule has 6 nitrogen and oxygen atoms in total. The van der Waals surface area contributed by atoms with Gasteiger partial charge in [-0.15, -0.1) is 4.40 Å². The summed E-state index contributed by atoms with van der Waals surface area (Å²) in [7, 11) is -2.12. The minimum absolute atomic E-state index is 0.0650. The predicted octanol–water partition coefficient (Wildman–Crippen LogP) is 3.50. The Bertz CT molecular complexity index is 1070. The second-order valence-corrected chi connectivity index (χ2v) is 10.3. The van der Waals surface area contributed by atoms with Crippen molar-refractivity contribution in [3.8, 4) is 0 Å². The average Bonchev–Trinajstić information content (AvgIpc) is 2.92. The zero-order valence-electron chi connectivity index (χ0n) is 17.5. The molecule has 0 bridgehead atoms. The number of benzene rings is 2. The van der Waals surface area contributed by atoms with E-state index in [4.69, 9.17) is 0 Å². The lowest BCUT2D eigenvalue weighted by molar-refractivity contribution is -0.122. The molecule has 1 aliphatic rings. The van der Waals surface area contributed by atoms with Crippen LogP contribution in [0.4, 0.5) is 4.39 Å². The van der Waals surface area contributed by atoms with Gasteiger partial charge in [-0.25, -0.2) is 4.39 Å². The summed E-state index contributed by atoms with van der Waals surface area (Å²) in [5, 5.41) is 3.00. The van der Waals surface area contributed by atoms with Gasteiger partial charge in [0.1, 0.15) is 10.7 Å². The van der Waals surface area contributed by atoms with Gasteiger partial charge in [-0.05, 0) is 41.7 Å². The van der Waals surface area contributed by atoms with Crippen LogP contribution < -0.4 is 5.32 Å². The van der Waals surface area contributed by atoms with E-state index in [0.717, 1.165) is 5.56 Å². The molecule has 3 rings (SSSR count). The molecule has 2 aromatic carbocycles. The molecule has 1 N–H and O–H groups in total. The predicted molar refractivity (Wildman–Crippen MR) is 114 cm³/mol. The maximum absolute atomic E-state index is 13.3. The summed E-state index contributed by atoms with van der Waals surface area (Å²) < 4.78 is 41.7. The molecule has 160 valence electrons. The summed E-state index contributed by atoms with van der Waals surface area (Å²) in [6, 6.07) is 12.3. The molecule has 30 heavy (non-hydrogen) atoms. The van der Waals surface area contributed by atoms with Crippen molar-refractivity contribution in [2.45, 2.75) is 38.1 Å². The molecule has 0 radical (unpaired) electrons. The van der Waals surface area contributed by atoms with Crippen molar-refractivity contribution in [3.63, 3.8) is 0 Å². The topological polar surface area (TPSA) is 78.8 Å². The van der Waals surface area contributed by atoms with E-state index in [9.17, 15) is 17.6 Å². The van der Waals surface area contributed by atoms with Crippen LogP contribution in [0.3, 0.4) is 0 Å². The van der Waals surface area contributed by atoms with Crippen molar-refractivity contribution in [1.82, 2.24) is 10.2 Å². The maximum Gasteiger partial charge on any atom is 0.285 e. The first kappa shape index (κ1) is 22.0. The highest BCUT2D eigenvalue weighted by Gasteiger charge is 2.31. The number of halogens is 1. The molecule has 0 aromatic heterocycles. The van der Waals surface area contributed by atoms with Crippen LogP contribution in [0, 0.1) is 11.2 Å². The molecule has 0 unspecified atom stereocenters. The number of likely N-dealkylation sites (N-methyl/N-ethyl adjacent to an activating group) is 1. The van der Waals surface area contributed by atoms with Gasteiger partial charge < -0.3 is 10.2 Å². The molecular formula is C22H26FN3O3S. The number of nitrogens with zero attached hydrogens (tertiary/aromatic N) is 2. The van der Waals surface area contributed by atoms with E-state index in [2.05, 4.69) is 30.5 Å². The highest BCUT2D eigenvalue weighted by atomic mass is 32.2. The summed E-state index contributed by atoms with van der Waals surface area (Å²) >= 11 is 0. The van der Waals surface area contributed by atoms with Gasteiger partial charge in [-0.2, -0.15) is 8.42 Å². The number of sulfonamides is 1. The smallest absolute Gasteiger partial charge is 0.285 e. The zero-order chi connectivity index (χ0) is 22.1. The summed E-state index contributed by atoms with van der Waals surface area (Å²) in [4.78, 5) is 14.5. The van der Waals surface area contributed by atoms with Crippen molar-refractivity contribution in [2.75, 3.05) is 13.6 Å². The number of carbonyl (C=O) groups is 1. The largest absolute Gasteiger partial charge is 0.349 e. The zero-order valence-corrected chi connectivity index (χ0v) is 18.3. The van der Waals surface area contributed by atoms with Crippen LogP contribution in [0.15, 0.2) is 57.8 Å². The van der Waals surface area contributed by atoms with Gasteiger partial charge in [-0.1, -0.05) is 45.0 Å². The molecule has 1 aliphatic heterocycles. The lowest BCUT2D eigenvalue weighted by atomic mass is 9.85. The molecule has 1 heterocycles. The Labute approximate surface area is 176 Å². The number of amidine groups is 1. The van der Waals surface area contributed by atoms with E-state index in [1.54, 1.807) is 37.4 Å². The van der Waals surface area contributed by atoms with E-state index in [1.807, 2.05) is 0 Å². The van der Waals surface area contributed by atoms with Gasteiger partial charge in [0.05, 0.1) is 12.6 Å². The first-order valence-corrected chi connectivity index (χ1v) is 11.1. The first-order valence-electron chi connectivity index (χ1n) is 9.67. The number of rotatable bonds is 5. The summed E-state index contributed by atoms with van der Waals surface area (Å²) in [5.74, 6) is -0.367. The molecule has 0 spiro atoms. The van der Waals surface area contributed by atoms with E-state index in [-0.39, 0.29) is 40.5 Å². The number of nitrogens with one attached hydrogen (secondary N) is 1. The lowest BCUT2D eigenvalue weighted by Gasteiger charge is -2.28. The fraction of sp³-hybridized carbons (Fsp3) is 0.364. The molecule has 1 atom stereocenters. The minimum Gasteiger partial charge on any atom is -0.349 e. The summed E-state index contributed by atoms with van der Waals surface area (Å²) in [5.41, 5.74) is 1.23. The Morgan fingerprint density at radius 1 is 1.13 bits per heavy atom. The lowest BCUT2D eigenvalue weighted by Crippen LogP contribution is -2.40.